The van der Waals surface area contributed by atoms with Crippen LogP contribution in [0.25, 0.3) is 0 Å². The highest BCUT2D eigenvalue weighted by Crippen LogP contribution is 2.39. The molecule has 0 spiro atoms. The molecular weight excluding hydrogens is 326 g/mol. The maximum Gasteiger partial charge on any atom is 0.283 e. The third-order valence-corrected chi connectivity index (χ3v) is 6.72. The molecule has 1 aliphatic heterocycles. The fourth-order valence-electron chi connectivity index (χ4n) is 3.33. The number of hydrogen-bond acceptors (Lipinski definition) is 4. The van der Waals surface area contributed by atoms with E-state index in [0.29, 0.717) is 13.1 Å². The van der Waals surface area contributed by atoms with Crippen LogP contribution in [0.15, 0.2) is 47.2 Å². The molecule has 3 heterocycles. The molecule has 2 fully saturated rings. The molecule has 2 aromatic heterocycles. The minimum Gasteiger partial charge on any atom is -0.468 e. The Bertz CT molecular complexity index is 773. The SMILES string of the molecule is O=S(=O)(N(Cc1ccccn1)C1CC1)N1CCC[C@@H]1c1ccco1. The van der Waals surface area contributed by atoms with Crippen LogP contribution in [-0.4, -0.2) is 34.6 Å². The van der Waals surface area contributed by atoms with Gasteiger partial charge in [-0.3, -0.25) is 4.98 Å². The molecule has 6 nitrogen and oxygen atoms in total. The smallest absolute Gasteiger partial charge is 0.283 e. The Hall–Kier alpha value is -1.70. The van der Waals surface area contributed by atoms with Gasteiger partial charge < -0.3 is 4.42 Å². The first kappa shape index (κ1) is 15.8. The van der Waals surface area contributed by atoms with Gasteiger partial charge in [-0.15, -0.1) is 0 Å². The Balaban J connectivity index is 1.61. The molecule has 0 radical (unpaired) electrons. The maximum atomic E-state index is 13.3. The van der Waals surface area contributed by atoms with Gasteiger partial charge in [0.25, 0.3) is 10.2 Å². The predicted octanol–water partition coefficient (Wildman–Crippen LogP) is 2.72. The first-order chi connectivity index (χ1) is 11.7. The average molecular weight is 347 g/mol. The van der Waals surface area contributed by atoms with E-state index in [1.165, 1.54) is 0 Å². The van der Waals surface area contributed by atoms with Crippen molar-refractivity contribution in [2.75, 3.05) is 6.54 Å². The van der Waals surface area contributed by atoms with Gasteiger partial charge in [0.2, 0.25) is 0 Å². The molecule has 1 atom stereocenters. The van der Waals surface area contributed by atoms with E-state index in [0.717, 1.165) is 37.1 Å². The van der Waals surface area contributed by atoms with Crippen molar-refractivity contribution < 1.29 is 12.8 Å². The minimum absolute atomic E-state index is 0.0925. The molecule has 0 amide bonds. The van der Waals surface area contributed by atoms with Crippen LogP contribution in [0.4, 0.5) is 0 Å². The summed E-state index contributed by atoms with van der Waals surface area (Å²) in [5.74, 6) is 0.727. The summed E-state index contributed by atoms with van der Waals surface area (Å²) in [5.41, 5.74) is 0.779. The summed E-state index contributed by atoms with van der Waals surface area (Å²) in [6.07, 6.45) is 6.80. The topological polar surface area (TPSA) is 66.7 Å². The highest BCUT2D eigenvalue weighted by molar-refractivity contribution is 7.86. The van der Waals surface area contributed by atoms with E-state index < -0.39 is 10.2 Å². The molecule has 0 bridgehead atoms. The van der Waals surface area contributed by atoms with Gasteiger partial charge in [-0.2, -0.15) is 17.0 Å². The number of furan rings is 1. The van der Waals surface area contributed by atoms with Crippen LogP contribution in [0.5, 0.6) is 0 Å². The van der Waals surface area contributed by atoms with Gasteiger partial charge in [0.1, 0.15) is 5.76 Å². The Morgan fingerprint density at radius 2 is 2.08 bits per heavy atom. The summed E-state index contributed by atoms with van der Waals surface area (Å²) in [4.78, 5) is 4.29. The molecule has 128 valence electrons. The Morgan fingerprint density at radius 3 is 2.75 bits per heavy atom. The first-order valence-corrected chi connectivity index (χ1v) is 9.78. The molecule has 1 saturated heterocycles. The average Bonchev–Trinajstić information content (AvgIpc) is 3.07. The minimum atomic E-state index is -3.54. The van der Waals surface area contributed by atoms with Gasteiger partial charge in [0, 0.05) is 18.8 Å². The second kappa shape index (κ2) is 6.31. The standard InChI is InChI=1S/C17H21N3O3S/c21-24(22,19-11-3-6-16(19)17-7-4-12-23-17)20(15-8-9-15)13-14-5-1-2-10-18-14/h1-2,4-5,7,10,12,15-16H,3,6,8-9,11,13H2/t16-/m1/s1. The third kappa shape index (κ3) is 2.99. The van der Waals surface area contributed by atoms with E-state index in [1.807, 2.05) is 30.3 Å². The lowest BCUT2D eigenvalue weighted by molar-refractivity contribution is 0.293. The van der Waals surface area contributed by atoms with E-state index in [-0.39, 0.29) is 12.1 Å². The molecule has 0 unspecified atom stereocenters. The second-order valence-electron chi connectivity index (χ2n) is 6.39. The van der Waals surface area contributed by atoms with Gasteiger partial charge in [-0.1, -0.05) is 6.07 Å². The Morgan fingerprint density at radius 1 is 1.21 bits per heavy atom. The van der Waals surface area contributed by atoms with Gasteiger partial charge in [-0.05, 0) is 49.9 Å². The Kier molecular flexibility index (Phi) is 4.15. The van der Waals surface area contributed by atoms with Crippen molar-refractivity contribution in [2.24, 2.45) is 0 Å². The van der Waals surface area contributed by atoms with E-state index in [9.17, 15) is 8.42 Å². The molecule has 1 aliphatic carbocycles. The lowest BCUT2D eigenvalue weighted by Gasteiger charge is -2.30. The fraction of sp³-hybridized carbons (Fsp3) is 0.471. The van der Waals surface area contributed by atoms with E-state index in [4.69, 9.17) is 4.42 Å². The number of hydrogen-bond donors (Lipinski definition) is 0. The predicted molar refractivity (Wildman–Crippen MR) is 89.1 cm³/mol. The van der Waals surface area contributed by atoms with Crippen LogP contribution in [0.3, 0.4) is 0 Å². The van der Waals surface area contributed by atoms with Crippen molar-refractivity contribution in [1.82, 2.24) is 13.6 Å². The molecule has 1 saturated carbocycles. The zero-order chi connectivity index (χ0) is 16.6. The highest BCUT2D eigenvalue weighted by atomic mass is 32.2. The lowest BCUT2D eigenvalue weighted by Crippen LogP contribution is -2.44. The van der Waals surface area contributed by atoms with Crippen molar-refractivity contribution >= 4 is 10.2 Å². The van der Waals surface area contributed by atoms with Crippen molar-refractivity contribution in [3.63, 3.8) is 0 Å². The summed E-state index contributed by atoms with van der Waals surface area (Å²) in [5, 5.41) is 0. The summed E-state index contributed by atoms with van der Waals surface area (Å²) >= 11 is 0. The molecular formula is C17H21N3O3S. The third-order valence-electron chi connectivity index (χ3n) is 4.67. The number of rotatable bonds is 6. The normalized spacial score (nSPS) is 22.3. The van der Waals surface area contributed by atoms with E-state index >= 15 is 0 Å². The number of pyridine rings is 1. The summed E-state index contributed by atoms with van der Waals surface area (Å²) in [6, 6.07) is 9.17. The highest BCUT2D eigenvalue weighted by Gasteiger charge is 2.45. The zero-order valence-corrected chi connectivity index (χ0v) is 14.2. The van der Waals surface area contributed by atoms with Crippen molar-refractivity contribution in [1.29, 1.82) is 0 Å². The van der Waals surface area contributed by atoms with Crippen molar-refractivity contribution in [3.05, 3.63) is 54.2 Å². The van der Waals surface area contributed by atoms with Gasteiger partial charge >= 0.3 is 0 Å². The van der Waals surface area contributed by atoms with Crippen LogP contribution in [0, 0.1) is 0 Å². The molecule has 0 aromatic carbocycles. The molecule has 2 aliphatic rings. The summed E-state index contributed by atoms with van der Waals surface area (Å²) < 4.78 is 35.3. The molecule has 0 N–H and O–H groups in total. The van der Waals surface area contributed by atoms with Crippen LogP contribution < -0.4 is 0 Å². The maximum absolute atomic E-state index is 13.3. The summed E-state index contributed by atoms with van der Waals surface area (Å²) in [6.45, 7) is 0.869. The van der Waals surface area contributed by atoms with E-state index in [1.54, 1.807) is 21.1 Å². The Labute approximate surface area is 142 Å². The largest absolute Gasteiger partial charge is 0.468 e. The molecule has 7 heteroatoms. The number of aromatic nitrogens is 1. The van der Waals surface area contributed by atoms with Crippen LogP contribution in [0.2, 0.25) is 0 Å². The summed E-state index contributed by atoms with van der Waals surface area (Å²) in [7, 11) is -3.54. The second-order valence-corrected chi connectivity index (χ2v) is 8.22. The zero-order valence-electron chi connectivity index (χ0n) is 13.4. The van der Waals surface area contributed by atoms with Gasteiger partial charge in [0.15, 0.2) is 0 Å². The van der Waals surface area contributed by atoms with Crippen molar-refractivity contribution in [2.45, 2.75) is 44.3 Å². The molecule has 4 rings (SSSR count). The van der Waals surface area contributed by atoms with E-state index in [2.05, 4.69) is 4.98 Å². The van der Waals surface area contributed by atoms with Crippen LogP contribution in [0.1, 0.15) is 43.2 Å². The van der Waals surface area contributed by atoms with Crippen LogP contribution in [-0.2, 0) is 16.8 Å². The van der Waals surface area contributed by atoms with Crippen molar-refractivity contribution in [3.8, 4) is 0 Å². The van der Waals surface area contributed by atoms with Gasteiger partial charge in [-0.25, -0.2) is 0 Å². The molecule has 24 heavy (non-hydrogen) atoms. The lowest BCUT2D eigenvalue weighted by atomic mass is 10.2. The molecule has 2 aromatic rings. The first-order valence-electron chi connectivity index (χ1n) is 8.38. The van der Waals surface area contributed by atoms with Crippen LogP contribution >= 0.6 is 0 Å². The fourth-order valence-corrected chi connectivity index (χ4v) is 5.37. The monoisotopic (exact) mass is 347 g/mol. The number of nitrogens with zero attached hydrogens (tertiary/aromatic N) is 3. The van der Waals surface area contributed by atoms with Gasteiger partial charge in [0.05, 0.1) is 24.5 Å². The quantitative estimate of drug-likeness (QED) is 0.806.